The van der Waals surface area contributed by atoms with E-state index < -0.39 is 5.97 Å². The molecule has 0 aliphatic carbocycles. The molecule has 25 heavy (non-hydrogen) atoms. The molecule has 0 amide bonds. The topological polar surface area (TPSA) is 61.2 Å². The maximum atomic E-state index is 12.7. The van der Waals surface area contributed by atoms with E-state index in [0.717, 1.165) is 18.4 Å². The van der Waals surface area contributed by atoms with Crippen molar-refractivity contribution in [1.29, 1.82) is 0 Å². The molecule has 0 aliphatic rings. The largest absolute Gasteiger partial charge is 0.461 e. The second-order valence-electron chi connectivity index (χ2n) is 5.83. The zero-order chi connectivity index (χ0) is 17.6. The van der Waals surface area contributed by atoms with Gasteiger partial charge in [-0.25, -0.2) is 9.48 Å². The summed E-state index contributed by atoms with van der Waals surface area (Å²) in [5, 5.41) is 5.30. The van der Waals surface area contributed by atoms with Crippen molar-refractivity contribution in [3.05, 3.63) is 76.2 Å². The number of nitrogens with zero attached hydrogens (tertiary/aromatic N) is 2. The summed E-state index contributed by atoms with van der Waals surface area (Å²) in [4.78, 5) is 25.2. The van der Waals surface area contributed by atoms with Crippen LogP contribution < -0.4 is 5.56 Å². The summed E-state index contributed by atoms with van der Waals surface area (Å²) in [6.45, 7) is 2.68. The molecule has 2 aromatic carbocycles. The van der Waals surface area contributed by atoms with Gasteiger partial charge in [0.15, 0.2) is 5.69 Å². The summed E-state index contributed by atoms with van der Waals surface area (Å²) < 4.78 is 6.63. The molecule has 5 heteroatoms. The standard InChI is InChI=1S/C20H20N2O3/c1-2-3-13-25-20(24)18-16-11-7-8-12-17(16)19(23)22(21-18)14-15-9-5-4-6-10-15/h4-12H,2-3,13-14H2,1H3. The number of benzene rings is 2. The first kappa shape index (κ1) is 16.9. The summed E-state index contributed by atoms with van der Waals surface area (Å²) in [6, 6.07) is 16.6. The molecule has 0 radical (unpaired) electrons. The Morgan fingerprint density at radius 3 is 2.44 bits per heavy atom. The van der Waals surface area contributed by atoms with Gasteiger partial charge in [-0.3, -0.25) is 4.79 Å². The van der Waals surface area contributed by atoms with Gasteiger partial charge in [0.1, 0.15) is 0 Å². The predicted octanol–water partition coefficient (Wildman–Crippen LogP) is 3.40. The maximum Gasteiger partial charge on any atom is 0.359 e. The molecule has 0 unspecified atom stereocenters. The van der Waals surface area contributed by atoms with Crippen molar-refractivity contribution < 1.29 is 9.53 Å². The van der Waals surface area contributed by atoms with Gasteiger partial charge in [0.2, 0.25) is 0 Å². The first-order chi connectivity index (χ1) is 12.2. The van der Waals surface area contributed by atoms with Gasteiger partial charge in [0.05, 0.1) is 18.5 Å². The number of hydrogen-bond acceptors (Lipinski definition) is 4. The minimum Gasteiger partial charge on any atom is -0.461 e. The number of esters is 1. The van der Waals surface area contributed by atoms with Crippen molar-refractivity contribution in [2.45, 2.75) is 26.3 Å². The van der Waals surface area contributed by atoms with Crippen LogP contribution in [0.5, 0.6) is 0 Å². The van der Waals surface area contributed by atoms with Gasteiger partial charge in [-0.15, -0.1) is 0 Å². The minimum absolute atomic E-state index is 0.183. The summed E-state index contributed by atoms with van der Waals surface area (Å²) in [5.41, 5.74) is 0.907. The van der Waals surface area contributed by atoms with Crippen LogP contribution in [0.4, 0.5) is 0 Å². The molecule has 5 nitrogen and oxygen atoms in total. The van der Waals surface area contributed by atoms with Crippen LogP contribution in [0.25, 0.3) is 10.8 Å². The number of hydrogen-bond donors (Lipinski definition) is 0. The van der Waals surface area contributed by atoms with Crippen LogP contribution in [0, 0.1) is 0 Å². The summed E-state index contributed by atoms with van der Waals surface area (Å²) in [5.74, 6) is -0.494. The number of ether oxygens (including phenoxy) is 1. The third-order valence-electron chi connectivity index (χ3n) is 3.97. The molecule has 0 saturated heterocycles. The zero-order valence-electron chi connectivity index (χ0n) is 14.1. The molecule has 128 valence electrons. The highest BCUT2D eigenvalue weighted by atomic mass is 16.5. The predicted molar refractivity (Wildman–Crippen MR) is 96.7 cm³/mol. The van der Waals surface area contributed by atoms with Crippen LogP contribution in [0.3, 0.4) is 0 Å². The molecule has 0 fully saturated rings. The molecule has 0 saturated carbocycles. The third-order valence-corrected chi connectivity index (χ3v) is 3.97. The van der Waals surface area contributed by atoms with Crippen molar-refractivity contribution in [2.24, 2.45) is 0 Å². The second-order valence-corrected chi connectivity index (χ2v) is 5.83. The van der Waals surface area contributed by atoms with Gasteiger partial charge in [0.25, 0.3) is 5.56 Å². The molecule has 0 atom stereocenters. The lowest BCUT2D eigenvalue weighted by Gasteiger charge is -2.11. The van der Waals surface area contributed by atoms with Crippen molar-refractivity contribution in [3.8, 4) is 0 Å². The van der Waals surface area contributed by atoms with E-state index in [4.69, 9.17) is 4.74 Å². The average Bonchev–Trinajstić information content (AvgIpc) is 2.65. The van der Waals surface area contributed by atoms with Crippen LogP contribution in [0.15, 0.2) is 59.4 Å². The van der Waals surface area contributed by atoms with Crippen molar-refractivity contribution in [2.75, 3.05) is 6.61 Å². The summed E-state index contributed by atoms with van der Waals surface area (Å²) >= 11 is 0. The van der Waals surface area contributed by atoms with E-state index in [9.17, 15) is 9.59 Å². The molecule has 0 N–H and O–H groups in total. The van der Waals surface area contributed by atoms with Gasteiger partial charge >= 0.3 is 5.97 Å². The van der Waals surface area contributed by atoms with Crippen LogP contribution in [0.2, 0.25) is 0 Å². The van der Waals surface area contributed by atoms with Crippen LogP contribution in [-0.2, 0) is 11.3 Å². The fourth-order valence-corrected chi connectivity index (χ4v) is 2.63. The maximum absolute atomic E-state index is 12.7. The summed E-state index contributed by atoms with van der Waals surface area (Å²) in [7, 11) is 0. The van der Waals surface area contributed by atoms with E-state index in [2.05, 4.69) is 5.10 Å². The molecule has 1 heterocycles. The Hall–Kier alpha value is -2.95. The highest BCUT2D eigenvalue weighted by Crippen LogP contribution is 2.15. The highest BCUT2D eigenvalue weighted by molar-refractivity contribution is 6.02. The van der Waals surface area contributed by atoms with E-state index in [-0.39, 0.29) is 11.3 Å². The molecule has 1 aromatic heterocycles. The molecular formula is C20H20N2O3. The first-order valence-corrected chi connectivity index (χ1v) is 8.41. The molecule has 0 aliphatic heterocycles. The molecule has 3 rings (SSSR count). The number of aromatic nitrogens is 2. The fraction of sp³-hybridized carbons (Fsp3) is 0.250. The quantitative estimate of drug-likeness (QED) is 0.511. The fourth-order valence-electron chi connectivity index (χ4n) is 2.63. The number of carbonyl (C=O) groups is 1. The van der Waals surface area contributed by atoms with E-state index >= 15 is 0 Å². The van der Waals surface area contributed by atoms with Gasteiger partial charge < -0.3 is 4.74 Å². The smallest absolute Gasteiger partial charge is 0.359 e. The van der Waals surface area contributed by atoms with Gasteiger partial charge in [-0.2, -0.15) is 5.10 Å². The molecular weight excluding hydrogens is 316 g/mol. The van der Waals surface area contributed by atoms with Crippen molar-refractivity contribution >= 4 is 16.7 Å². The monoisotopic (exact) mass is 336 g/mol. The first-order valence-electron chi connectivity index (χ1n) is 8.41. The van der Waals surface area contributed by atoms with Crippen LogP contribution >= 0.6 is 0 Å². The van der Waals surface area contributed by atoms with Gasteiger partial charge in [0, 0.05) is 5.39 Å². The lowest BCUT2D eigenvalue weighted by atomic mass is 10.1. The second kappa shape index (κ2) is 7.75. The van der Waals surface area contributed by atoms with Gasteiger partial charge in [-0.05, 0) is 18.1 Å². The SMILES string of the molecule is CCCCOC(=O)c1nn(Cc2ccccc2)c(=O)c2ccccc12. The Bertz CT molecular complexity index is 933. The number of carbonyl (C=O) groups excluding carboxylic acids is 1. The van der Waals surface area contributed by atoms with Crippen molar-refractivity contribution in [3.63, 3.8) is 0 Å². The van der Waals surface area contributed by atoms with Crippen molar-refractivity contribution in [1.82, 2.24) is 9.78 Å². The lowest BCUT2D eigenvalue weighted by Crippen LogP contribution is -2.27. The number of unbranched alkanes of at least 4 members (excludes halogenated alkanes) is 1. The third kappa shape index (κ3) is 3.76. The van der Waals surface area contributed by atoms with E-state index in [1.165, 1.54) is 4.68 Å². The zero-order valence-corrected chi connectivity index (χ0v) is 14.1. The Morgan fingerprint density at radius 1 is 1.04 bits per heavy atom. The Labute approximate surface area is 145 Å². The number of fused-ring (bicyclic) bond motifs is 1. The summed E-state index contributed by atoms with van der Waals surface area (Å²) in [6.07, 6.45) is 1.74. The van der Waals surface area contributed by atoms with E-state index in [0.29, 0.717) is 23.9 Å². The highest BCUT2D eigenvalue weighted by Gasteiger charge is 2.17. The number of rotatable bonds is 6. The van der Waals surface area contributed by atoms with E-state index in [1.807, 2.05) is 37.3 Å². The Morgan fingerprint density at radius 2 is 1.72 bits per heavy atom. The average molecular weight is 336 g/mol. The van der Waals surface area contributed by atoms with Crippen LogP contribution in [-0.4, -0.2) is 22.4 Å². The molecule has 0 spiro atoms. The normalized spacial score (nSPS) is 10.8. The lowest BCUT2D eigenvalue weighted by molar-refractivity contribution is 0.0492. The Kier molecular flexibility index (Phi) is 5.23. The molecule has 3 aromatic rings. The van der Waals surface area contributed by atoms with Crippen LogP contribution in [0.1, 0.15) is 35.8 Å². The minimum atomic E-state index is -0.494. The Balaban J connectivity index is 2.04. The van der Waals surface area contributed by atoms with Gasteiger partial charge in [-0.1, -0.05) is 61.9 Å². The van der Waals surface area contributed by atoms with E-state index in [1.54, 1.807) is 24.3 Å². The molecule has 0 bridgehead atoms.